The summed E-state index contributed by atoms with van der Waals surface area (Å²) in [5.74, 6) is 0.112. The molecule has 0 fully saturated rings. The first kappa shape index (κ1) is 27.9. The average Bonchev–Trinajstić information content (AvgIpc) is 2.64. The molecule has 1 rings (SSSR count). The van der Waals surface area contributed by atoms with E-state index in [1.54, 1.807) is 18.2 Å². The molecule has 1 N–H and O–H groups in total. The zero-order valence-electron chi connectivity index (χ0n) is 17.6. The lowest BCUT2D eigenvalue weighted by Gasteiger charge is -2.27. The number of nitrogens with one attached hydrogen (secondary N) is 1. The SMILES string of the molecule is CCCC[P+](CCCC)(CCCC)CC(=O)Nc1ccc(Cl)cc1Cl.O=[N+]([O-])[O-]. The van der Waals surface area contributed by atoms with E-state index in [2.05, 4.69) is 26.1 Å². The van der Waals surface area contributed by atoms with Crippen LogP contribution < -0.4 is 5.32 Å². The summed E-state index contributed by atoms with van der Waals surface area (Å²) < 4.78 is 0. The number of carbonyl (C=O) groups is 1. The summed E-state index contributed by atoms with van der Waals surface area (Å²) in [6.45, 7) is 6.71. The van der Waals surface area contributed by atoms with Crippen molar-refractivity contribution < 1.29 is 9.88 Å². The summed E-state index contributed by atoms with van der Waals surface area (Å²) >= 11 is 12.1. The largest absolute Gasteiger partial charge is 0.356 e. The van der Waals surface area contributed by atoms with Crippen LogP contribution in [0.1, 0.15) is 59.3 Å². The Kier molecular flexibility index (Phi) is 15.1. The van der Waals surface area contributed by atoms with E-state index in [9.17, 15) is 4.79 Å². The second-order valence-corrected chi connectivity index (χ2v) is 12.3. The van der Waals surface area contributed by atoms with Crippen LogP contribution in [0.3, 0.4) is 0 Å². The quantitative estimate of drug-likeness (QED) is 0.201. The number of hydrogen-bond acceptors (Lipinski definition) is 4. The van der Waals surface area contributed by atoms with Crippen LogP contribution >= 0.6 is 30.5 Å². The highest BCUT2D eigenvalue weighted by Crippen LogP contribution is 2.60. The van der Waals surface area contributed by atoms with Gasteiger partial charge in [-0.25, -0.2) is 0 Å². The molecule has 1 aromatic carbocycles. The molecule has 0 bridgehead atoms. The molecule has 0 aromatic heterocycles. The minimum absolute atomic E-state index is 0.112. The molecule has 0 saturated carbocycles. The van der Waals surface area contributed by atoms with Gasteiger partial charge in [0.15, 0.2) is 0 Å². The van der Waals surface area contributed by atoms with Crippen molar-refractivity contribution in [3.63, 3.8) is 0 Å². The summed E-state index contributed by atoms with van der Waals surface area (Å²) in [5.41, 5.74) is 0.663. The summed E-state index contributed by atoms with van der Waals surface area (Å²) in [6.07, 6.45) is 11.7. The van der Waals surface area contributed by atoms with Crippen molar-refractivity contribution in [3.05, 3.63) is 43.6 Å². The number of anilines is 1. The summed E-state index contributed by atoms with van der Waals surface area (Å²) in [5, 5.41) is 18.9. The van der Waals surface area contributed by atoms with Crippen LogP contribution in [0.2, 0.25) is 10.0 Å². The Morgan fingerprint density at radius 2 is 1.45 bits per heavy atom. The van der Waals surface area contributed by atoms with Gasteiger partial charge in [-0.05, 0) is 37.5 Å². The van der Waals surface area contributed by atoms with Gasteiger partial charge in [0.2, 0.25) is 0 Å². The second kappa shape index (κ2) is 15.7. The van der Waals surface area contributed by atoms with Crippen molar-refractivity contribution in [1.82, 2.24) is 0 Å². The highest BCUT2D eigenvalue weighted by molar-refractivity contribution is 7.76. The Balaban J connectivity index is 0.00000178. The fraction of sp³-hybridized carbons (Fsp3) is 0.650. The molecule has 0 radical (unpaired) electrons. The molecule has 0 saturated heterocycles. The normalized spacial score (nSPS) is 10.8. The zero-order chi connectivity index (χ0) is 22.3. The van der Waals surface area contributed by atoms with E-state index in [0.717, 1.165) is 0 Å². The van der Waals surface area contributed by atoms with Gasteiger partial charge in [0.05, 0.1) is 34.3 Å². The third-order valence-corrected chi connectivity index (χ3v) is 9.94. The minimum Gasteiger partial charge on any atom is -0.356 e. The maximum Gasteiger partial charge on any atom is 0.261 e. The lowest BCUT2D eigenvalue weighted by Crippen LogP contribution is -2.23. The molecule has 0 heterocycles. The van der Waals surface area contributed by atoms with Gasteiger partial charge in [0.1, 0.15) is 6.16 Å². The van der Waals surface area contributed by atoms with Crippen LogP contribution in [0.25, 0.3) is 0 Å². The van der Waals surface area contributed by atoms with Crippen molar-refractivity contribution >= 4 is 42.1 Å². The van der Waals surface area contributed by atoms with Crippen molar-refractivity contribution in [1.29, 1.82) is 0 Å². The van der Waals surface area contributed by atoms with Gasteiger partial charge in [0, 0.05) is 12.3 Å². The monoisotopic (exact) mass is 466 g/mol. The Morgan fingerprint density at radius 1 is 1.00 bits per heavy atom. The van der Waals surface area contributed by atoms with Gasteiger partial charge in [-0.15, -0.1) is 0 Å². The topological polar surface area (TPSA) is 95.3 Å². The average molecular weight is 467 g/mol. The van der Waals surface area contributed by atoms with E-state index in [1.807, 2.05) is 0 Å². The predicted molar refractivity (Wildman–Crippen MR) is 127 cm³/mol. The fourth-order valence-corrected chi connectivity index (χ4v) is 8.39. The molecule has 0 atom stereocenters. The molecule has 29 heavy (non-hydrogen) atoms. The summed E-state index contributed by atoms with van der Waals surface area (Å²) in [4.78, 5) is 21.0. The fourth-order valence-electron chi connectivity index (χ4n) is 3.14. The predicted octanol–water partition coefficient (Wildman–Crippen LogP) is 7.11. The molecule has 9 heteroatoms. The van der Waals surface area contributed by atoms with E-state index >= 15 is 0 Å². The minimum atomic E-state index is -1.75. The van der Waals surface area contributed by atoms with Crippen LogP contribution in [-0.4, -0.2) is 35.6 Å². The molecule has 0 aliphatic carbocycles. The number of amides is 1. The molecule has 0 unspecified atom stereocenters. The van der Waals surface area contributed by atoms with Gasteiger partial charge in [-0.2, -0.15) is 0 Å². The van der Waals surface area contributed by atoms with Crippen molar-refractivity contribution in [2.24, 2.45) is 0 Å². The van der Waals surface area contributed by atoms with E-state index < -0.39 is 12.3 Å². The van der Waals surface area contributed by atoms with E-state index in [1.165, 1.54) is 57.0 Å². The molecule has 0 aliphatic rings. The first-order chi connectivity index (χ1) is 13.7. The number of benzene rings is 1. The van der Waals surface area contributed by atoms with E-state index in [0.29, 0.717) is 21.9 Å². The number of unbranched alkanes of at least 4 members (excludes halogenated alkanes) is 3. The molecule has 166 valence electrons. The highest BCUT2D eigenvalue weighted by atomic mass is 35.5. The Hall–Kier alpha value is -1.10. The zero-order valence-corrected chi connectivity index (χ0v) is 20.0. The number of rotatable bonds is 12. The molecule has 0 spiro atoms. The van der Waals surface area contributed by atoms with Crippen LogP contribution in [0, 0.1) is 15.3 Å². The van der Waals surface area contributed by atoms with Crippen molar-refractivity contribution in [2.45, 2.75) is 59.3 Å². The van der Waals surface area contributed by atoms with Gasteiger partial charge >= 0.3 is 0 Å². The third-order valence-electron chi connectivity index (χ3n) is 4.64. The molecule has 0 aliphatic heterocycles. The molecular weight excluding hydrogens is 434 g/mol. The van der Waals surface area contributed by atoms with Crippen molar-refractivity contribution in [2.75, 3.05) is 30.0 Å². The summed E-state index contributed by atoms with van der Waals surface area (Å²) in [7, 11) is -1.24. The smallest absolute Gasteiger partial charge is 0.261 e. The van der Waals surface area contributed by atoms with Crippen LogP contribution in [-0.2, 0) is 4.79 Å². The van der Waals surface area contributed by atoms with E-state index in [4.69, 9.17) is 38.5 Å². The van der Waals surface area contributed by atoms with Gasteiger partial charge < -0.3 is 20.6 Å². The third kappa shape index (κ3) is 12.9. The molecule has 6 nitrogen and oxygen atoms in total. The number of hydrogen-bond donors (Lipinski definition) is 1. The molecule has 1 aromatic rings. The van der Waals surface area contributed by atoms with Gasteiger partial charge in [0.25, 0.3) is 5.91 Å². The first-order valence-electron chi connectivity index (χ1n) is 10.1. The Labute approximate surface area is 184 Å². The second-order valence-electron chi connectivity index (χ2n) is 7.13. The molecule has 1 amide bonds. The number of halogens is 2. The van der Waals surface area contributed by atoms with Crippen LogP contribution in [0.5, 0.6) is 0 Å². The lowest BCUT2D eigenvalue weighted by atomic mass is 10.3. The van der Waals surface area contributed by atoms with Crippen LogP contribution in [0.15, 0.2) is 18.2 Å². The molecular formula is C20H33Cl2N2O4P. The Bertz CT molecular complexity index is 607. The standard InChI is InChI=1S/C20H32Cl2NOP.NO3/c1-4-7-12-25(13-8-5-2,14-9-6-3)16-20(24)23-19-11-10-17(21)15-18(19)22;2-1(3)4/h10-11,15H,4-9,12-14,16H2,1-3H3;/q;-1/p+1. The lowest BCUT2D eigenvalue weighted by molar-refractivity contribution is -0.402. The maximum atomic E-state index is 12.8. The van der Waals surface area contributed by atoms with Gasteiger partial charge in [-0.3, -0.25) is 4.79 Å². The summed E-state index contributed by atoms with van der Waals surface area (Å²) in [6, 6.07) is 5.22. The van der Waals surface area contributed by atoms with Gasteiger partial charge in [-0.1, -0.05) is 63.2 Å². The Morgan fingerprint density at radius 3 is 1.83 bits per heavy atom. The number of carbonyl (C=O) groups excluding carboxylic acids is 1. The number of nitrogens with zero attached hydrogens (tertiary/aromatic N) is 1. The highest BCUT2D eigenvalue weighted by Gasteiger charge is 2.38. The first-order valence-corrected chi connectivity index (χ1v) is 13.4. The van der Waals surface area contributed by atoms with E-state index in [-0.39, 0.29) is 5.91 Å². The van der Waals surface area contributed by atoms with Crippen molar-refractivity contribution in [3.8, 4) is 0 Å². The maximum absolute atomic E-state index is 12.8. The van der Waals surface area contributed by atoms with Crippen LogP contribution in [0.4, 0.5) is 5.69 Å².